The number of aromatic carboxylic acids is 1. The van der Waals surface area contributed by atoms with Crippen molar-refractivity contribution in [1.82, 2.24) is 0 Å². The number of nitrogens with zero attached hydrogens (tertiary/aromatic N) is 2. The van der Waals surface area contributed by atoms with Gasteiger partial charge >= 0.3 is 49.1 Å². The van der Waals surface area contributed by atoms with Crippen molar-refractivity contribution in [2.24, 2.45) is 0 Å². The van der Waals surface area contributed by atoms with E-state index in [4.69, 9.17) is 25.3 Å². The van der Waals surface area contributed by atoms with E-state index < -0.39 is 28.8 Å². The van der Waals surface area contributed by atoms with E-state index in [1.807, 2.05) is 0 Å². The molecule has 8 nitrogen and oxygen atoms in total. The van der Waals surface area contributed by atoms with Crippen molar-refractivity contribution in [2.45, 2.75) is 0 Å². The molecule has 0 aromatic heterocycles. The van der Waals surface area contributed by atoms with E-state index in [2.05, 4.69) is 0 Å². The van der Waals surface area contributed by atoms with Gasteiger partial charge in [-0.05, 0) is 12.1 Å². The van der Waals surface area contributed by atoms with E-state index in [-0.39, 0.29) is 0 Å². The average molecular weight is 273 g/mol. The van der Waals surface area contributed by atoms with Gasteiger partial charge in [0.1, 0.15) is 0 Å². The molecule has 0 unspecified atom stereocenters. The number of hydrogen-bond acceptors (Lipinski definition) is 5. The summed E-state index contributed by atoms with van der Waals surface area (Å²) in [5.41, 5.74) is 0.331. The Morgan fingerprint density at radius 2 is 1.56 bits per heavy atom. The van der Waals surface area contributed by atoms with Crippen LogP contribution in [0, 0.1) is 20.2 Å². The van der Waals surface area contributed by atoms with Crippen LogP contribution in [0.1, 0.15) is 10.4 Å². The van der Waals surface area contributed by atoms with Crippen LogP contribution >= 0.6 is 0 Å². The van der Waals surface area contributed by atoms with Crippen LogP contribution in [0.2, 0.25) is 0 Å². The summed E-state index contributed by atoms with van der Waals surface area (Å²) >= 11 is -0.708. The van der Waals surface area contributed by atoms with Crippen LogP contribution in [0.15, 0.2) is 30.3 Å². The Kier molecular flexibility index (Phi) is 6.38. The Morgan fingerprint density at radius 3 is 1.75 bits per heavy atom. The van der Waals surface area contributed by atoms with Crippen LogP contribution in [0.3, 0.4) is 0 Å². The molecule has 0 heterocycles. The molecule has 9 heteroatoms. The number of carboxylic acids is 1. The molecule has 0 amide bonds. The Balaban J connectivity index is 0.000000293. The fourth-order valence-electron chi connectivity index (χ4n) is 0.623. The Hall–Kier alpha value is -2.02. The van der Waals surface area contributed by atoms with Crippen LogP contribution in [0.25, 0.3) is 0 Å². The summed E-state index contributed by atoms with van der Waals surface area (Å²) in [4.78, 5) is 28.5. The Labute approximate surface area is 95.4 Å². The second-order valence-electron chi connectivity index (χ2n) is 2.11. The van der Waals surface area contributed by atoms with Crippen molar-refractivity contribution in [3.05, 3.63) is 56.1 Å². The molecule has 0 aliphatic carbocycles. The monoisotopic (exact) mass is 272 g/mol. The van der Waals surface area contributed by atoms with Crippen molar-refractivity contribution < 1.29 is 32.8 Å². The van der Waals surface area contributed by atoms with Gasteiger partial charge in [0.2, 0.25) is 0 Å². The first-order valence-electron chi connectivity index (χ1n) is 3.60. The topological polar surface area (TPSA) is 124 Å². The van der Waals surface area contributed by atoms with Gasteiger partial charge in [0.15, 0.2) is 0 Å². The van der Waals surface area contributed by atoms with Crippen molar-refractivity contribution in [1.29, 1.82) is 0 Å². The van der Waals surface area contributed by atoms with E-state index in [9.17, 15) is 4.79 Å². The van der Waals surface area contributed by atoms with E-state index >= 15 is 0 Å². The van der Waals surface area contributed by atoms with Gasteiger partial charge in [-0.3, -0.25) is 0 Å². The molecule has 0 spiro atoms. The van der Waals surface area contributed by atoms with Crippen molar-refractivity contribution >= 4 is 5.97 Å². The molecule has 0 fully saturated rings. The second kappa shape index (κ2) is 7.30. The third-order valence-corrected chi connectivity index (χ3v) is 1.45. The van der Waals surface area contributed by atoms with Crippen molar-refractivity contribution in [2.75, 3.05) is 0 Å². The molecule has 90 valence electrons. The molecule has 0 saturated heterocycles. The molecule has 0 aliphatic heterocycles. The van der Waals surface area contributed by atoms with Gasteiger partial charge in [-0.1, -0.05) is 18.2 Å². The zero-order chi connectivity index (χ0) is 12.6. The van der Waals surface area contributed by atoms with Crippen LogP contribution < -0.4 is 0 Å². The molecular weight excluding hydrogens is 267 g/mol. The van der Waals surface area contributed by atoms with E-state index in [0.29, 0.717) is 5.56 Å². The molecule has 1 aromatic rings. The van der Waals surface area contributed by atoms with Gasteiger partial charge in [0, 0.05) is 0 Å². The molecule has 0 saturated carbocycles. The Morgan fingerprint density at radius 1 is 1.12 bits per heavy atom. The average Bonchev–Trinajstić information content (AvgIpc) is 2.17. The molecular formula is C7H6N2NiO6. The SMILES string of the molecule is O=C(O)c1ccccc1.O=[N+]([O-])[Ni][N+](=O)[O-]. The fourth-order valence-corrected chi connectivity index (χ4v) is 0.755. The number of rotatable bonds is 3. The standard InChI is InChI=1S/C7H6O2.2NO2.Ni/c8-7(9)6-4-2-1-3-5-6;2*2-1-3;/h1-5H,(H,8,9);;;. The summed E-state index contributed by atoms with van der Waals surface area (Å²) in [7, 11) is 0. The molecule has 0 atom stereocenters. The normalized spacial score (nSPS) is 8.75. The zero-order valence-corrected chi connectivity index (χ0v) is 8.57. The predicted molar refractivity (Wildman–Crippen MR) is 47.4 cm³/mol. The van der Waals surface area contributed by atoms with Crippen LogP contribution in [-0.2, 0) is 14.9 Å². The molecule has 1 aromatic carbocycles. The van der Waals surface area contributed by atoms with E-state index in [0.717, 1.165) is 0 Å². The van der Waals surface area contributed by atoms with E-state index in [1.54, 1.807) is 30.3 Å². The summed E-state index contributed by atoms with van der Waals surface area (Å²) in [6.45, 7) is 0. The predicted octanol–water partition coefficient (Wildman–Crippen LogP) is 0.837. The van der Waals surface area contributed by atoms with Gasteiger partial charge < -0.3 is 5.11 Å². The van der Waals surface area contributed by atoms with Gasteiger partial charge in [-0.25, -0.2) is 4.79 Å². The summed E-state index contributed by atoms with van der Waals surface area (Å²) < 4.78 is -2.12. The summed E-state index contributed by atoms with van der Waals surface area (Å²) in [6.07, 6.45) is 0. The first kappa shape index (κ1) is 14.0. The molecule has 0 radical (unpaired) electrons. The number of nitro groups is 2. The summed E-state index contributed by atoms with van der Waals surface area (Å²) in [5, 5.41) is 26.7. The molecule has 16 heavy (non-hydrogen) atoms. The van der Waals surface area contributed by atoms with Gasteiger partial charge in [-0.2, -0.15) is 0 Å². The minimum atomic E-state index is -1.06. The van der Waals surface area contributed by atoms with Crippen LogP contribution in [0.4, 0.5) is 0 Å². The number of carboxylic acid groups (broad SMARTS) is 1. The van der Waals surface area contributed by atoms with Crippen LogP contribution in [-0.4, -0.2) is 19.1 Å². The maximum absolute atomic E-state index is 10.2. The van der Waals surface area contributed by atoms with Gasteiger partial charge in [0.05, 0.1) is 5.56 Å². The summed E-state index contributed by atoms with van der Waals surface area (Å²) in [6, 6.07) is 8.30. The fraction of sp³-hybridized carbons (Fsp3) is 0. The van der Waals surface area contributed by atoms with Crippen molar-refractivity contribution in [3.63, 3.8) is 0 Å². The number of carbonyl (C=O) groups is 1. The van der Waals surface area contributed by atoms with E-state index in [1.165, 1.54) is 0 Å². The second-order valence-corrected chi connectivity index (χ2v) is 3.03. The number of hydrogen-bond donors (Lipinski definition) is 1. The zero-order valence-electron chi connectivity index (χ0n) is 7.59. The third kappa shape index (κ3) is 7.39. The molecule has 0 aliphatic rings. The first-order valence-corrected chi connectivity index (χ1v) is 4.48. The number of benzene rings is 1. The molecule has 1 N–H and O–H groups in total. The van der Waals surface area contributed by atoms with Gasteiger partial charge in [0.25, 0.3) is 0 Å². The quantitative estimate of drug-likeness (QED) is 0.494. The molecule has 0 bridgehead atoms. The Bertz CT molecular complexity index is 370. The van der Waals surface area contributed by atoms with Gasteiger partial charge in [-0.15, -0.1) is 0 Å². The molecule has 1 rings (SSSR count). The first-order chi connectivity index (χ1) is 7.43. The van der Waals surface area contributed by atoms with Crippen LogP contribution in [0.5, 0.6) is 0 Å². The third-order valence-electron chi connectivity index (χ3n) is 1.12. The van der Waals surface area contributed by atoms with Crippen molar-refractivity contribution in [3.8, 4) is 0 Å². The summed E-state index contributed by atoms with van der Waals surface area (Å²) in [5.74, 6) is -0.879. The minimum absolute atomic E-state index is 0.331. The maximum atomic E-state index is 10.2.